The molecule has 0 fully saturated rings. The third-order valence-corrected chi connectivity index (χ3v) is 4.18. The van der Waals surface area contributed by atoms with E-state index < -0.39 is 22.9 Å². The molecule has 1 heterocycles. The molecule has 2 N–H and O–H groups in total. The second kappa shape index (κ2) is 9.38. The maximum atomic E-state index is 12.3. The summed E-state index contributed by atoms with van der Waals surface area (Å²) in [7, 11) is 0. The normalized spacial score (nSPS) is 12.7. The van der Waals surface area contributed by atoms with Gasteiger partial charge in [-0.2, -0.15) is 0 Å². The number of hydrogen-bond donors (Lipinski definition) is 2. The first-order chi connectivity index (χ1) is 13.2. The van der Waals surface area contributed by atoms with Crippen molar-refractivity contribution in [1.82, 2.24) is 0 Å². The molecule has 2 aromatic carbocycles. The molecule has 1 aromatic heterocycles. The fourth-order valence-corrected chi connectivity index (χ4v) is 2.89. The first kappa shape index (κ1) is 23.5. The van der Waals surface area contributed by atoms with Crippen LogP contribution in [0.25, 0.3) is 11.0 Å². The van der Waals surface area contributed by atoms with Crippen molar-refractivity contribution in [2.45, 2.75) is 12.7 Å². The van der Waals surface area contributed by atoms with E-state index in [1.807, 2.05) is 0 Å². The van der Waals surface area contributed by atoms with Gasteiger partial charge in [0.25, 0.3) is 0 Å². The Morgan fingerprint density at radius 2 is 1.90 bits per heavy atom. The van der Waals surface area contributed by atoms with Crippen molar-refractivity contribution >= 4 is 69.7 Å². The van der Waals surface area contributed by atoms with Crippen LogP contribution in [-0.2, 0) is 0 Å². The maximum absolute atomic E-state index is 12.3. The van der Waals surface area contributed by atoms with Gasteiger partial charge >= 0.3 is 5.97 Å². The van der Waals surface area contributed by atoms with Gasteiger partial charge in [-0.15, -0.1) is 0 Å². The zero-order valence-corrected chi connectivity index (χ0v) is 19.0. The molecule has 0 bridgehead atoms. The minimum atomic E-state index is -1.79. The number of benzene rings is 2. The largest absolute Gasteiger partial charge is 0.486 e. The molecule has 0 amide bonds. The molecule has 10 heteroatoms. The molecule has 0 aliphatic rings. The summed E-state index contributed by atoms with van der Waals surface area (Å²) >= 11 is 11.9. The van der Waals surface area contributed by atoms with Gasteiger partial charge in [0.2, 0.25) is 11.5 Å². The number of fused-ring (bicyclic) bond motifs is 1. The summed E-state index contributed by atoms with van der Waals surface area (Å²) in [6, 6.07) is 9.83. The summed E-state index contributed by atoms with van der Waals surface area (Å²) < 4.78 is 16.2. The Kier molecular flexibility index (Phi) is 7.62. The third-order valence-electron chi connectivity index (χ3n) is 3.65. The Hall–Kier alpha value is -1.74. The first-order valence-corrected chi connectivity index (χ1v) is 8.71. The fourth-order valence-electron chi connectivity index (χ4n) is 2.44. The van der Waals surface area contributed by atoms with Crippen molar-refractivity contribution in [3.05, 3.63) is 68.5 Å². The number of aliphatic hydroxyl groups is 1. The van der Waals surface area contributed by atoms with E-state index >= 15 is 0 Å². The minimum absolute atomic E-state index is 0. The van der Waals surface area contributed by atoms with Crippen LogP contribution < -0.4 is 14.9 Å². The van der Waals surface area contributed by atoms with Gasteiger partial charge in [-0.3, -0.25) is 4.79 Å². The van der Waals surface area contributed by atoms with Gasteiger partial charge in [0, 0.05) is 47.6 Å². The monoisotopic (exact) mass is 447 g/mol. The number of aromatic carboxylic acids is 1. The molecule has 3 rings (SSSR count). The Morgan fingerprint density at radius 3 is 2.55 bits per heavy atom. The molecule has 0 aliphatic heterocycles. The molecule has 0 saturated carbocycles. The van der Waals surface area contributed by atoms with Gasteiger partial charge in [0.15, 0.2) is 12.0 Å². The second-order valence-electron chi connectivity index (χ2n) is 6.05. The van der Waals surface area contributed by atoms with Crippen molar-refractivity contribution in [2.24, 2.45) is 0 Å². The van der Waals surface area contributed by atoms with Crippen molar-refractivity contribution in [2.75, 3.05) is 6.61 Å². The topological polar surface area (TPSA) is 106 Å². The number of halogens is 2. The van der Waals surface area contributed by atoms with E-state index in [0.29, 0.717) is 5.02 Å². The van der Waals surface area contributed by atoms with Crippen LogP contribution in [0.2, 0.25) is 10.0 Å². The number of carbonyl (C=O) groups is 1. The fraction of sp³-hybridized carbons (Fsp3) is 0.158. The molecule has 0 saturated heterocycles. The molecule has 0 aliphatic carbocycles. The van der Waals surface area contributed by atoms with E-state index in [9.17, 15) is 14.7 Å². The number of carboxylic acid groups (broad SMARTS) is 1. The molecule has 1 atom stereocenters. The zero-order valence-electron chi connectivity index (χ0n) is 15.4. The van der Waals surface area contributed by atoms with Crippen LogP contribution in [0.5, 0.6) is 11.5 Å². The van der Waals surface area contributed by atoms with Crippen LogP contribution in [-0.4, -0.2) is 58.1 Å². The van der Waals surface area contributed by atoms with Crippen LogP contribution in [0.15, 0.2) is 51.7 Å². The number of carboxylic acids is 1. The Balaban J connectivity index is 0.00000300. The van der Waals surface area contributed by atoms with Crippen molar-refractivity contribution in [1.29, 1.82) is 0 Å². The Labute approximate surface area is 197 Å². The van der Waals surface area contributed by atoms with Crippen molar-refractivity contribution < 1.29 is 28.9 Å². The van der Waals surface area contributed by atoms with Crippen LogP contribution in [0, 0.1) is 0 Å². The zero-order chi connectivity index (χ0) is 20.5. The van der Waals surface area contributed by atoms with Gasteiger partial charge < -0.3 is 24.1 Å². The molecular formula is C19H14Cl2NaO7. The molecular weight excluding hydrogens is 434 g/mol. The van der Waals surface area contributed by atoms with E-state index in [4.69, 9.17) is 42.2 Å². The maximum Gasteiger partial charge on any atom is 0.371 e. The predicted molar refractivity (Wildman–Crippen MR) is 108 cm³/mol. The Morgan fingerprint density at radius 1 is 1.17 bits per heavy atom. The minimum Gasteiger partial charge on any atom is -0.486 e. The van der Waals surface area contributed by atoms with E-state index in [1.54, 1.807) is 6.07 Å². The van der Waals surface area contributed by atoms with Gasteiger partial charge in [-0.05, 0) is 30.3 Å². The van der Waals surface area contributed by atoms with E-state index in [1.165, 1.54) is 37.3 Å². The first-order valence-electron chi connectivity index (χ1n) is 7.96. The van der Waals surface area contributed by atoms with Gasteiger partial charge in [0.1, 0.15) is 22.5 Å². The number of ether oxygens (including phenoxy) is 2. The van der Waals surface area contributed by atoms with Crippen LogP contribution in [0.4, 0.5) is 0 Å². The molecule has 147 valence electrons. The summed E-state index contributed by atoms with van der Waals surface area (Å²) in [6.07, 6.45) is 0. The molecule has 29 heavy (non-hydrogen) atoms. The van der Waals surface area contributed by atoms with Crippen LogP contribution in [0.3, 0.4) is 0 Å². The molecule has 1 unspecified atom stereocenters. The molecule has 1 radical (unpaired) electrons. The average molecular weight is 448 g/mol. The molecule has 3 aromatic rings. The smallest absolute Gasteiger partial charge is 0.371 e. The average Bonchev–Trinajstić information content (AvgIpc) is 2.62. The SMILES string of the molecule is CC(O)(COc1cccc2oc(C(=O)O)cc(=O)c12)Oc1ccc(Cl)cc1Cl.[Na]. The second-order valence-corrected chi connectivity index (χ2v) is 6.89. The Bertz CT molecular complexity index is 1110. The van der Waals surface area contributed by atoms with Crippen LogP contribution in [0.1, 0.15) is 17.5 Å². The van der Waals surface area contributed by atoms with Crippen molar-refractivity contribution in [3.8, 4) is 11.5 Å². The summed E-state index contributed by atoms with van der Waals surface area (Å²) in [4.78, 5) is 23.3. The summed E-state index contributed by atoms with van der Waals surface area (Å²) in [5.41, 5.74) is -0.542. The summed E-state index contributed by atoms with van der Waals surface area (Å²) in [5.74, 6) is -3.33. The third kappa shape index (κ3) is 5.66. The van der Waals surface area contributed by atoms with Crippen LogP contribution >= 0.6 is 23.2 Å². The van der Waals surface area contributed by atoms with E-state index in [2.05, 4.69) is 0 Å². The standard InChI is InChI=1S/C19H14Cl2O7.Na/c1-19(25,28-13-6-5-10(20)7-11(13)21)9-26-14-3-2-4-15-17(14)12(22)8-16(27-15)18(23)24;/h2-8,25H,9H2,1H3,(H,23,24);. The summed E-state index contributed by atoms with van der Waals surface area (Å²) in [5, 5.41) is 20.1. The number of hydrogen-bond acceptors (Lipinski definition) is 6. The van der Waals surface area contributed by atoms with Gasteiger partial charge in [-0.1, -0.05) is 29.3 Å². The molecule has 0 spiro atoms. The van der Waals surface area contributed by atoms with E-state index in [0.717, 1.165) is 6.07 Å². The quantitative estimate of drug-likeness (QED) is 0.439. The van der Waals surface area contributed by atoms with E-state index in [-0.39, 0.29) is 63.7 Å². The number of rotatable bonds is 6. The predicted octanol–water partition coefficient (Wildman–Crippen LogP) is 3.58. The summed E-state index contributed by atoms with van der Waals surface area (Å²) in [6.45, 7) is 0.999. The van der Waals surface area contributed by atoms with Crippen molar-refractivity contribution in [3.63, 3.8) is 0 Å². The van der Waals surface area contributed by atoms with Gasteiger partial charge in [0.05, 0.1) is 5.02 Å². The van der Waals surface area contributed by atoms with Gasteiger partial charge in [-0.25, -0.2) is 4.79 Å². The molecule has 7 nitrogen and oxygen atoms in total.